The highest BCUT2D eigenvalue weighted by molar-refractivity contribution is 8.03. The highest BCUT2D eigenvalue weighted by Crippen LogP contribution is 2.46. The molecule has 0 aromatic heterocycles. The third-order valence-corrected chi connectivity index (χ3v) is 4.35. The van der Waals surface area contributed by atoms with E-state index >= 15 is 0 Å². The molecule has 0 atom stereocenters. The molecule has 90 valence electrons. The molecular weight excluding hydrogens is 246 g/mol. The van der Waals surface area contributed by atoms with E-state index in [4.69, 9.17) is 12.2 Å². The fraction of sp³-hybridized carbons (Fsp3) is 0.357. The molecule has 0 fully saturated rings. The fourth-order valence-electron chi connectivity index (χ4n) is 1.88. The Morgan fingerprint density at radius 1 is 1.41 bits per heavy atom. The van der Waals surface area contributed by atoms with Gasteiger partial charge in [0.25, 0.3) is 0 Å². The molecule has 1 aromatic carbocycles. The van der Waals surface area contributed by atoms with Crippen molar-refractivity contribution in [2.24, 2.45) is 0 Å². The third kappa shape index (κ3) is 2.55. The topological polar surface area (TPSA) is 3.24 Å². The van der Waals surface area contributed by atoms with Crippen LogP contribution < -0.4 is 4.90 Å². The van der Waals surface area contributed by atoms with E-state index < -0.39 is 0 Å². The van der Waals surface area contributed by atoms with Gasteiger partial charge in [0, 0.05) is 16.3 Å². The van der Waals surface area contributed by atoms with E-state index in [9.17, 15) is 0 Å². The van der Waals surface area contributed by atoms with Gasteiger partial charge in [-0.1, -0.05) is 37.0 Å². The van der Waals surface area contributed by atoms with Crippen LogP contribution in [-0.2, 0) is 0 Å². The Morgan fingerprint density at radius 2 is 2.18 bits per heavy atom. The first-order valence-corrected chi connectivity index (χ1v) is 7.18. The largest absolute Gasteiger partial charge is 0.335 e. The summed E-state index contributed by atoms with van der Waals surface area (Å²) in [7, 11) is 0. The Labute approximate surface area is 113 Å². The van der Waals surface area contributed by atoms with Crippen molar-refractivity contribution >= 4 is 34.5 Å². The van der Waals surface area contributed by atoms with Crippen LogP contribution in [0.1, 0.15) is 25.8 Å². The molecule has 0 saturated carbocycles. The summed E-state index contributed by atoms with van der Waals surface area (Å²) >= 11 is 7.13. The number of fused-ring (bicyclic) bond motifs is 1. The van der Waals surface area contributed by atoms with Crippen LogP contribution in [0.2, 0.25) is 0 Å². The van der Waals surface area contributed by atoms with Crippen molar-refractivity contribution < 1.29 is 0 Å². The minimum atomic E-state index is 0.937. The number of rotatable bonds is 3. The van der Waals surface area contributed by atoms with Gasteiger partial charge in [0.1, 0.15) is 0 Å². The van der Waals surface area contributed by atoms with Gasteiger partial charge in [-0.3, -0.25) is 0 Å². The van der Waals surface area contributed by atoms with E-state index in [2.05, 4.69) is 49.9 Å². The Kier molecular flexibility index (Phi) is 3.89. The first-order valence-electron chi connectivity index (χ1n) is 5.96. The Bertz CT molecular complexity index is 477. The molecule has 1 aliphatic heterocycles. The Balaban J connectivity index is 2.38. The standard InChI is InChI=1S/C14H17NS2/c1-4-11(16)9-14-15(5-2)12-8-10(3)6-7-13(12)17-14/h6-9H,4-5H2,1-3H3. The summed E-state index contributed by atoms with van der Waals surface area (Å²) in [6.07, 6.45) is 3.07. The van der Waals surface area contributed by atoms with Crippen molar-refractivity contribution in [1.82, 2.24) is 0 Å². The second kappa shape index (κ2) is 5.23. The van der Waals surface area contributed by atoms with Gasteiger partial charge in [-0.25, -0.2) is 0 Å². The van der Waals surface area contributed by atoms with Crippen LogP contribution in [0, 0.1) is 6.92 Å². The third-order valence-electron chi connectivity index (χ3n) is 2.83. The summed E-state index contributed by atoms with van der Waals surface area (Å²) in [5, 5.41) is 1.26. The van der Waals surface area contributed by atoms with Crippen molar-refractivity contribution in [2.75, 3.05) is 11.4 Å². The first kappa shape index (κ1) is 12.7. The lowest BCUT2D eigenvalue weighted by atomic mass is 10.2. The molecule has 0 spiro atoms. The maximum absolute atomic E-state index is 5.31. The number of aryl methyl sites for hydroxylation is 1. The molecule has 1 aliphatic rings. The molecule has 3 heteroatoms. The maximum atomic E-state index is 5.31. The smallest absolute Gasteiger partial charge is 0.0812 e. The van der Waals surface area contributed by atoms with Gasteiger partial charge in [-0.05, 0) is 44.0 Å². The average molecular weight is 263 g/mol. The summed E-state index contributed by atoms with van der Waals surface area (Å²) in [4.78, 5) is 4.70. The quantitative estimate of drug-likeness (QED) is 0.582. The Hall–Kier alpha value is -0.800. The SMILES string of the molecule is CCC(=S)C=C1Sc2ccc(C)cc2N1CC. The van der Waals surface area contributed by atoms with E-state index in [0.29, 0.717) is 0 Å². The summed E-state index contributed by atoms with van der Waals surface area (Å²) in [5.74, 6) is 0. The monoisotopic (exact) mass is 263 g/mol. The second-order valence-corrected chi connectivity index (χ2v) is 5.71. The maximum Gasteiger partial charge on any atom is 0.0812 e. The molecular formula is C14H17NS2. The first-order chi connectivity index (χ1) is 8.15. The summed E-state index contributed by atoms with van der Waals surface area (Å²) < 4.78 is 0. The summed E-state index contributed by atoms with van der Waals surface area (Å²) in [6, 6.07) is 6.62. The van der Waals surface area contributed by atoms with Gasteiger partial charge in [-0.2, -0.15) is 0 Å². The number of hydrogen-bond donors (Lipinski definition) is 0. The van der Waals surface area contributed by atoms with Crippen LogP contribution in [0.4, 0.5) is 5.69 Å². The molecule has 0 unspecified atom stereocenters. The van der Waals surface area contributed by atoms with Crippen molar-refractivity contribution in [1.29, 1.82) is 0 Å². The van der Waals surface area contributed by atoms with Gasteiger partial charge in [0.15, 0.2) is 0 Å². The van der Waals surface area contributed by atoms with E-state index in [-0.39, 0.29) is 0 Å². The number of anilines is 1. The number of allylic oxidation sites excluding steroid dienone is 1. The summed E-state index contributed by atoms with van der Waals surface area (Å²) in [5.41, 5.74) is 2.63. The molecule has 1 heterocycles. The highest BCUT2D eigenvalue weighted by atomic mass is 32.2. The zero-order valence-corrected chi connectivity index (χ0v) is 12.1. The molecule has 0 N–H and O–H groups in total. The van der Waals surface area contributed by atoms with Crippen LogP contribution in [0.5, 0.6) is 0 Å². The predicted octanol–water partition coefficient (Wildman–Crippen LogP) is 4.55. The van der Waals surface area contributed by atoms with Gasteiger partial charge < -0.3 is 4.90 Å². The van der Waals surface area contributed by atoms with E-state index in [1.807, 2.05) is 11.8 Å². The van der Waals surface area contributed by atoms with E-state index in [1.165, 1.54) is 21.2 Å². The number of hydrogen-bond acceptors (Lipinski definition) is 3. The van der Waals surface area contributed by atoms with Crippen LogP contribution in [0.3, 0.4) is 0 Å². The van der Waals surface area contributed by atoms with Crippen LogP contribution in [0.15, 0.2) is 34.2 Å². The average Bonchev–Trinajstić information content (AvgIpc) is 2.65. The molecule has 17 heavy (non-hydrogen) atoms. The predicted molar refractivity (Wildman–Crippen MR) is 81.0 cm³/mol. The molecule has 0 bridgehead atoms. The molecule has 0 aliphatic carbocycles. The molecule has 2 rings (SSSR count). The zero-order valence-electron chi connectivity index (χ0n) is 10.5. The van der Waals surface area contributed by atoms with Crippen LogP contribution in [0.25, 0.3) is 0 Å². The molecule has 1 nitrogen and oxygen atoms in total. The lowest BCUT2D eigenvalue weighted by molar-refractivity contribution is 1.00. The van der Waals surface area contributed by atoms with Gasteiger partial charge >= 0.3 is 0 Å². The number of thiocarbonyl (C=S) groups is 1. The molecule has 0 radical (unpaired) electrons. The van der Waals surface area contributed by atoms with Gasteiger partial charge in [0.2, 0.25) is 0 Å². The number of nitrogens with zero attached hydrogens (tertiary/aromatic N) is 1. The molecule has 1 aromatic rings. The number of benzene rings is 1. The van der Waals surface area contributed by atoms with E-state index in [1.54, 1.807) is 0 Å². The summed E-state index contributed by atoms with van der Waals surface area (Å²) in [6.45, 7) is 7.41. The molecule has 0 amide bonds. The van der Waals surface area contributed by atoms with E-state index in [0.717, 1.165) is 17.8 Å². The van der Waals surface area contributed by atoms with Crippen molar-refractivity contribution in [2.45, 2.75) is 32.1 Å². The van der Waals surface area contributed by atoms with Gasteiger partial charge in [-0.15, -0.1) is 0 Å². The Morgan fingerprint density at radius 3 is 2.82 bits per heavy atom. The van der Waals surface area contributed by atoms with Crippen LogP contribution >= 0.6 is 24.0 Å². The van der Waals surface area contributed by atoms with Gasteiger partial charge in [0.05, 0.1) is 10.7 Å². The lowest BCUT2D eigenvalue weighted by Gasteiger charge is -2.18. The number of thioether (sulfide) groups is 1. The second-order valence-electron chi connectivity index (χ2n) is 4.12. The zero-order chi connectivity index (χ0) is 12.4. The molecule has 0 saturated heterocycles. The van der Waals surface area contributed by atoms with Crippen molar-refractivity contribution in [3.8, 4) is 0 Å². The van der Waals surface area contributed by atoms with Crippen molar-refractivity contribution in [3.63, 3.8) is 0 Å². The normalized spacial score (nSPS) is 16.4. The minimum Gasteiger partial charge on any atom is -0.335 e. The minimum absolute atomic E-state index is 0.937. The lowest BCUT2D eigenvalue weighted by Crippen LogP contribution is -2.17. The van der Waals surface area contributed by atoms with Crippen molar-refractivity contribution in [3.05, 3.63) is 34.9 Å². The fourth-order valence-corrected chi connectivity index (χ4v) is 3.24. The highest BCUT2D eigenvalue weighted by Gasteiger charge is 2.23. The van der Waals surface area contributed by atoms with Crippen LogP contribution in [-0.4, -0.2) is 11.4 Å².